The number of nitrogens with one attached hydrogen (secondary N) is 1. The third-order valence-corrected chi connectivity index (χ3v) is 5.90. The highest BCUT2D eigenvalue weighted by Gasteiger charge is 2.32. The number of ether oxygens (including phenoxy) is 1. The minimum absolute atomic E-state index is 0.137. The first-order chi connectivity index (χ1) is 11.5. The van der Waals surface area contributed by atoms with Crippen molar-refractivity contribution in [1.29, 1.82) is 0 Å². The largest absolute Gasteiger partial charge is 0.442 e. The van der Waals surface area contributed by atoms with Crippen LogP contribution < -0.4 is 10.2 Å². The van der Waals surface area contributed by atoms with E-state index in [1.807, 2.05) is 24.3 Å². The van der Waals surface area contributed by atoms with Crippen molar-refractivity contribution in [1.82, 2.24) is 5.32 Å². The number of benzene rings is 1. The molecule has 0 aromatic heterocycles. The van der Waals surface area contributed by atoms with Crippen molar-refractivity contribution in [2.24, 2.45) is 0 Å². The summed E-state index contributed by atoms with van der Waals surface area (Å²) in [6.45, 7) is 2.20. The van der Waals surface area contributed by atoms with Gasteiger partial charge < -0.3 is 10.1 Å². The van der Waals surface area contributed by atoms with Gasteiger partial charge in [-0.05, 0) is 36.5 Å². The molecular formula is C17H22N2O4S. The van der Waals surface area contributed by atoms with E-state index in [-0.39, 0.29) is 18.1 Å². The van der Waals surface area contributed by atoms with E-state index in [4.69, 9.17) is 4.74 Å². The maximum absolute atomic E-state index is 12.0. The number of cyclic esters (lactones) is 1. The Morgan fingerprint density at radius 2 is 1.96 bits per heavy atom. The van der Waals surface area contributed by atoms with E-state index < -0.39 is 10.8 Å². The molecule has 2 saturated heterocycles. The molecule has 0 aliphatic carbocycles. The summed E-state index contributed by atoms with van der Waals surface area (Å²) in [7, 11) is -0.655. The van der Waals surface area contributed by atoms with Crippen LogP contribution in [0.15, 0.2) is 24.3 Å². The lowest BCUT2D eigenvalue weighted by Crippen LogP contribution is -2.33. The number of carbonyl (C=O) groups excluding carboxylic acids is 2. The lowest BCUT2D eigenvalue weighted by molar-refractivity contribution is -0.119. The molecule has 1 N–H and O–H groups in total. The highest BCUT2D eigenvalue weighted by molar-refractivity contribution is 7.85. The Kier molecular flexibility index (Phi) is 5.18. The molecule has 6 nitrogen and oxygen atoms in total. The molecule has 130 valence electrons. The summed E-state index contributed by atoms with van der Waals surface area (Å²) in [6, 6.07) is 7.96. The Hall–Kier alpha value is -1.89. The lowest BCUT2D eigenvalue weighted by atomic mass is 9.93. The zero-order valence-electron chi connectivity index (χ0n) is 13.7. The number of carbonyl (C=O) groups is 2. The van der Waals surface area contributed by atoms with Gasteiger partial charge in [0.25, 0.3) is 0 Å². The normalized spacial score (nSPS) is 27.0. The molecule has 0 radical (unpaired) electrons. The van der Waals surface area contributed by atoms with Gasteiger partial charge in [0.15, 0.2) is 0 Å². The molecule has 7 heteroatoms. The minimum Gasteiger partial charge on any atom is -0.442 e. The molecule has 1 aromatic rings. The number of rotatable bonds is 4. The first kappa shape index (κ1) is 17.0. The maximum Gasteiger partial charge on any atom is 0.414 e. The summed E-state index contributed by atoms with van der Waals surface area (Å²) >= 11 is 0. The number of anilines is 1. The number of hydrogen-bond acceptors (Lipinski definition) is 4. The van der Waals surface area contributed by atoms with Crippen molar-refractivity contribution in [3.05, 3.63) is 29.8 Å². The van der Waals surface area contributed by atoms with Crippen LogP contribution >= 0.6 is 0 Å². The Balaban J connectivity index is 1.62. The molecule has 2 aliphatic heterocycles. The molecule has 0 spiro atoms. The van der Waals surface area contributed by atoms with Crippen molar-refractivity contribution in [3.63, 3.8) is 0 Å². The summed E-state index contributed by atoms with van der Waals surface area (Å²) in [5.74, 6) is 1.86. The van der Waals surface area contributed by atoms with Gasteiger partial charge >= 0.3 is 6.09 Å². The second kappa shape index (κ2) is 7.34. The average molecular weight is 350 g/mol. The van der Waals surface area contributed by atoms with Crippen LogP contribution in [-0.4, -0.2) is 46.9 Å². The molecule has 2 heterocycles. The highest BCUT2D eigenvalue weighted by Crippen LogP contribution is 2.30. The fraction of sp³-hybridized carbons (Fsp3) is 0.529. The van der Waals surface area contributed by atoms with Gasteiger partial charge in [0.2, 0.25) is 5.91 Å². The molecule has 2 fully saturated rings. The van der Waals surface area contributed by atoms with Gasteiger partial charge in [0, 0.05) is 34.9 Å². The highest BCUT2D eigenvalue weighted by atomic mass is 32.2. The third-order valence-electron chi connectivity index (χ3n) is 4.52. The van der Waals surface area contributed by atoms with E-state index in [1.54, 1.807) is 4.90 Å². The van der Waals surface area contributed by atoms with Crippen LogP contribution in [0.3, 0.4) is 0 Å². The van der Waals surface area contributed by atoms with Crippen molar-refractivity contribution >= 4 is 28.5 Å². The van der Waals surface area contributed by atoms with Crippen molar-refractivity contribution in [3.8, 4) is 0 Å². The van der Waals surface area contributed by atoms with Crippen LogP contribution in [0.2, 0.25) is 0 Å². The van der Waals surface area contributed by atoms with Gasteiger partial charge in [-0.3, -0.25) is 13.9 Å². The molecule has 2 amide bonds. The van der Waals surface area contributed by atoms with Crippen LogP contribution in [0, 0.1) is 0 Å². The lowest BCUT2D eigenvalue weighted by Gasteiger charge is -2.22. The van der Waals surface area contributed by atoms with Crippen LogP contribution in [-0.2, 0) is 20.3 Å². The Morgan fingerprint density at radius 1 is 1.29 bits per heavy atom. The zero-order chi connectivity index (χ0) is 17.1. The number of hydrogen-bond donors (Lipinski definition) is 1. The Morgan fingerprint density at radius 3 is 2.58 bits per heavy atom. The molecule has 24 heavy (non-hydrogen) atoms. The quantitative estimate of drug-likeness (QED) is 0.898. The monoisotopic (exact) mass is 350 g/mol. The SMILES string of the molecule is CC(=O)NC[C@H]1CN(c2ccc(C3CCS(=O)CC3)cc2)C(=O)O1. The van der Waals surface area contributed by atoms with Gasteiger partial charge in [-0.15, -0.1) is 0 Å². The van der Waals surface area contributed by atoms with Gasteiger partial charge in [-0.1, -0.05) is 12.1 Å². The van der Waals surface area contributed by atoms with E-state index in [2.05, 4.69) is 5.32 Å². The first-order valence-electron chi connectivity index (χ1n) is 8.20. The standard InChI is InChI=1S/C17H22N2O4S/c1-12(20)18-10-16-11-19(17(21)23-16)15-4-2-13(3-5-15)14-6-8-24(22)9-7-14/h2-5,14,16H,6-11H2,1H3,(H,18,20)/t14?,16-,24?/m0/s1. The van der Waals surface area contributed by atoms with E-state index >= 15 is 0 Å². The van der Waals surface area contributed by atoms with E-state index in [0.29, 0.717) is 19.0 Å². The van der Waals surface area contributed by atoms with Crippen LogP contribution in [0.4, 0.5) is 10.5 Å². The summed E-state index contributed by atoms with van der Waals surface area (Å²) < 4.78 is 16.7. The predicted molar refractivity (Wildman–Crippen MR) is 92.6 cm³/mol. The van der Waals surface area contributed by atoms with E-state index in [0.717, 1.165) is 30.0 Å². The Labute approximate surface area is 144 Å². The molecule has 1 atom stereocenters. The molecule has 0 bridgehead atoms. The molecule has 3 rings (SSSR count). The molecule has 0 saturated carbocycles. The zero-order valence-corrected chi connectivity index (χ0v) is 14.5. The molecular weight excluding hydrogens is 328 g/mol. The summed E-state index contributed by atoms with van der Waals surface area (Å²) in [5, 5.41) is 2.67. The van der Waals surface area contributed by atoms with Crippen LogP contribution in [0.25, 0.3) is 0 Å². The smallest absolute Gasteiger partial charge is 0.414 e. The van der Waals surface area contributed by atoms with Crippen molar-refractivity contribution in [2.75, 3.05) is 29.5 Å². The number of amides is 2. The molecule has 2 aliphatic rings. The summed E-state index contributed by atoms with van der Waals surface area (Å²) in [5.41, 5.74) is 2.03. The molecule has 0 unspecified atom stereocenters. The van der Waals surface area contributed by atoms with Crippen LogP contribution in [0.1, 0.15) is 31.2 Å². The van der Waals surface area contributed by atoms with E-state index in [9.17, 15) is 13.8 Å². The Bertz CT molecular complexity index is 636. The van der Waals surface area contributed by atoms with Crippen molar-refractivity contribution < 1.29 is 18.5 Å². The van der Waals surface area contributed by atoms with Gasteiger partial charge in [0.05, 0.1) is 13.1 Å². The minimum atomic E-state index is -0.655. The number of nitrogens with zero attached hydrogens (tertiary/aromatic N) is 1. The fourth-order valence-electron chi connectivity index (χ4n) is 3.15. The summed E-state index contributed by atoms with van der Waals surface area (Å²) in [4.78, 5) is 24.6. The van der Waals surface area contributed by atoms with Crippen LogP contribution in [0.5, 0.6) is 0 Å². The van der Waals surface area contributed by atoms with Gasteiger partial charge in [0.1, 0.15) is 6.10 Å². The summed E-state index contributed by atoms with van der Waals surface area (Å²) in [6.07, 6.45) is 1.20. The second-order valence-corrected chi connectivity index (χ2v) is 7.96. The third kappa shape index (κ3) is 3.95. The maximum atomic E-state index is 12.0. The first-order valence-corrected chi connectivity index (χ1v) is 9.69. The van der Waals surface area contributed by atoms with Gasteiger partial charge in [-0.2, -0.15) is 0 Å². The fourth-order valence-corrected chi connectivity index (χ4v) is 4.45. The van der Waals surface area contributed by atoms with Gasteiger partial charge in [-0.25, -0.2) is 4.79 Å². The van der Waals surface area contributed by atoms with E-state index in [1.165, 1.54) is 12.5 Å². The van der Waals surface area contributed by atoms with Crippen molar-refractivity contribution in [2.45, 2.75) is 31.8 Å². The average Bonchev–Trinajstić information content (AvgIpc) is 2.95. The predicted octanol–water partition coefficient (Wildman–Crippen LogP) is 1.77. The topological polar surface area (TPSA) is 75.7 Å². The second-order valence-electron chi connectivity index (χ2n) is 6.27. The molecule has 1 aromatic carbocycles.